The Kier molecular flexibility index (Phi) is 3.77. The van der Waals surface area contributed by atoms with E-state index in [1.807, 2.05) is 0 Å². The molecule has 2 aromatic carbocycles. The quantitative estimate of drug-likeness (QED) is 0.743. The van der Waals surface area contributed by atoms with Crippen LogP contribution in [0, 0.1) is 0 Å². The topological polar surface area (TPSA) is 9.23 Å². The fourth-order valence-electron chi connectivity index (χ4n) is 2.98. The molecule has 1 aliphatic heterocycles. The highest BCUT2D eigenvalue weighted by Crippen LogP contribution is 2.38. The van der Waals surface area contributed by atoms with Crippen molar-refractivity contribution in [1.82, 2.24) is 0 Å². The molecule has 0 bridgehead atoms. The molecule has 1 nitrogen and oxygen atoms in total. The van der Waals surface area contributed by atoms with E-state index in [0.717, 1.165) is 18.6 Å². The van der Waals surface area contributed by atoms with Crippen LogP contribution in [-0.4, -0.2) is 0 Å². The third-order valence-electron chi connectivity index (χ3n) is 3.97. The molecule has 104 valence electrons. The predicted octanol–water partition coefficient (Wildman–Crippen LogP) is 5.15. The van der Waals surface area contributed by atoms with E-state index < -0.39 is 0 Å². The molecule has 0 spiro atoms. The molecule has 1 heteroatoms. The minimum Gasteiger partial charge on any atom is -0.488 e. The molecular weight excluding hydrogens is 244 g/mol. The zero-order chi connectivity index (χ0) is 13.9. The highest BCUT2D eigenvalue weighted by atomic mass is 16.5. The molecule has 0 fully saturated rings. The van der Waals surface area contributed by atoms with Crippen LogP contribution >= 0.6 is 0 Å². The summed E-state index contributed by atoms with van der Waals surface area (Å²) in [7, 11) is 0. The van der Waals surface area contributed by atoms with Gasteiger partial charge in [0.2, 0.25) is 0 Å². The van der Waals surface area contributed by atoms with Crippen LogP contribution in [0.25, 0.3) is 11.1 Å². The molecule has 0 aliphatic carbocycles. The summed E-state index contributed by atoms with van der Waals surface area (Å²) in [5.41, 5.74) is 6.70. The summed E-state index contributed by atoms with van der Waals surface area (Å²) >= 11 is 0. The number of benzene rings is 2. The molecule has 0 unspecified atom stereocenters. The highest BCUT2D eigenvalue weighted by Gasteiger charge is 2.17. The summed E-state index contributed by atoms with van der Waals surface area (Å²) in [4.78, 5) is 0. The number of aryl methyl sites for hydroxylation is 2. The maximum absolute atomic E-state index is 5.97. The van der Waals surface area contributed by atoms with Gasteiger partial charge in [-0.15, -0.1) is 0 Å². The molecule has 0 amide bonds. The van der Waals surface area contributed by atoms with Crippen molar-refractivity contribution in [3.8, 4) is 16.9 Å². The number of rotatable bonds is 4. The summed E-state index contributed by atoms with van der Waals surface area (Å²) in [5, 5.41) is 0. The summed E-state index contributed by atoms with van der Waals surface area (Å²) in [6.45, 7) is 5.14. The summed E-state index contributed by atoms with van der Waals surface area (Å²) in [5.74, 6) is 1.05. The SMILES string of the molecule is CCCc1ccc2c(c1)COc1cc(CCC)ccc1-2. The molecule has 20 heavy (non-hydrogen) atoms. The second-order valence-corrected chi connectivity index (χ2v) is 5.61. The average molecular weight is 266 g/mol. The van der Waals surface area contributed by atoms with Crippen molar-refractivity contribution in [2.45, 2.75) is 46.1 Å². The van der Waals surface area contributed by atoms with E-state index in [9.17, 15) is 0 Å². The Bertz CT molecular complexity index is 558. The lowest BCUT2D eigenvalue weighted by atomic mass is 9.93. The van der Waals surface area contributed by atoms with Gasteiger partial charge in [0.1, 0.15) is 12.4 Å². The molecule has 0 saturated heterocycles. The maximum Gasteiger partial charge on any atom is 0.127 e. The Morgan fingerprint density at radius 3 is 2.20 bits per heavy atom. The van der Waals surface area contributed by atoms with Crippen LogP contribution in [0.15, 0.2) is 36.4 Å². The number of hydrogen-bond donors (Lipinski definition) is 0. The first-order valence-corrected chi connectivity index (χ1v) is 7.69. The standard InChI is InChI=1S/C19H22O/c1-3-5-14-7-9-17-16(11-14)13-20-19-12-15(6-4-2)8-10-18(17)19/h7-12H,3-6,13H2,1-2H3. The minimum atomic E-state index is 0.704. The lowest BCUT2D eigenvalue weighted by molar-refractivity contribution is 0.302. The van der Waals surface area contributed by atoms with E-state index in [1.54, 1.807) is 0 Å². The van der Waals surface area contributed by atoms with Gasteiger partial charge >= 0.3 is 0 Å². The van der Waals surface area contributed by atoms with E-state index >= 15 is 0 Å². The van der Waals surface area contributed by atoms with Crippen molar-refractivity contribution < 1.29 is 4.74 Å². The molecule has 2 aromatic rings. The van der Waals surface area contributed by atoms with Crippen LogP contribution in [-0.2, 0) is 19.4 Å². The third-order valence-corrected chi connectivity index (χ3v) is 3.97. The Morgan fingerprint density at radius 2 is 1.50 bits per heavy atom. The average Bonchev–Trinajstić information content (AvgIpc) is 2.47. The number of ether oxygens (including phenoxy) is 1. The van der Waals surface area contributed by atoms with Gasteiger partial charge in [-0.2, -0.15) is 0 Å². The lowest BCUT2D eigenvalue weighted by Crippen LogP contribution is -2.06. The molecule has 0 saturated carbocycles. The van der Waals surface area contributed by atoms with Crippen LogP contribution in [0.3, 0.4) is 0 Å². The van der Waals surface area contributed by atoms with Gasteiger partial charge < -0.3 is 4.74 Å². The van der Waals surface area contributed by atoms with Gasteiger partial charge in [-0.05, 0) is 41.2 Å². The predicted molar refractivity (Wildman–Crippen MR) is 84.2 cm³/mol. The van der Waals surface area contributed by atoms with Crippen LogP contribution in [0.5, 0.6) is 5.75 Å². The Hall–Kier alpha value is -1.76. The Labute approximate surface area is 121 Å². The molecule has 1 aliphatic rings. The van der Waals surface area contributed by atoms with Gasteiger partial charge in [-0.25, -0.2) is 0 Å². The number of fused-ring (bicyclic) bond motifs is 3. The van der Waals surface area contributed by atoms with Crippen LogP contribution in [0.2, 0.25) is 0 Å². The van der Waals surface area contributed by atoms with Gasteiger partial charge in [0.15, 0.2) is 0 Å². The largest absolute Gasteiger partial charge is 0.488 e. The lowest BCUT2D eigenvalue weighted by Gasteiger charge is -2.22. The normalized spacial score (nSPS) is 12.5. The first kappa shape index (κ1) is 13.2. The van der Waals surface area contributed by atoms with Crippen LogP contribution in [0.1, 0.15) is 43.4 Å². The van der Waals surface area contributed by atoms with E-state index in [2.05, 4.69) is 50.2 Å². The monoisotopic (exact) mass is 266 g/mol. The van der Waals surface area contributed by atoms with Gasteiger partial charge in [0.05, 0.1) is 0 Å². The van der Waals surface area contributed by atoms with Crippen LogP contribution < -0.4 is 4.74 Å². The van der Waals surface area contributed by atoms with Gasteiger partial charge in [0.25, 0.3) is 0 Å². The highest BCUT2D eigenvalue weighted by molar-refractivity contribution is 5.75. The van der Waals surface area contributed by atoms with Gasteiger partial charge in [-0.3, -0.25) is 0 Å². The second-order valence-electron chi connectivity index (χ2n) is 5.61. The fourth-order valence-corrected chi connectivity index (χ4v) is 2.98. The van der Waals surface area contributed by atoms with E-state index in [1.165, 1.54) is 40.7 Å². The molecule has 0 aromatic heterocycles. The summed E-state index contributed by atoms with van der Waals surface area (Å²) in [6.07, 6.45) is 4.64. The molecule has 3 rings (SSSR count). The summed E-state index contributed by atoms with van der Waals surface area (Å²) < 4.78 is 5.97. The Balaban J connectivity index is 1.98. The van der Waals surface area contributed by atoms with Crippen molar-refractivity contribution in [3.63, 3.8) is 0 Å². The molecule has 1 heterocycles. The van der Waals surface area contributed by atoms with Gasteiger partial charge in [0, 0.05) is 5.56 Å². The van der Waals surface area contributed by atoms with Crippen molar-refractivity contribution in [3.05, 3.63) is 53.1 Å². The first-order valence-electron chi connectivity index (χ1n) is 7.69. The third kappa shape index (κ3) is 2.45. The summed E-state index contributed by atoms with van der Waals surface area (Å²) in [6, 6.07) is 13.5. The van der Waals surface area contributed by atoms with E-state index in [-0.39, 0.29) is 0 Å². The van der Waals surface area contributed by atoms with Crippen molar-refractivity contribution in [1.29, 1.82) is 0 Å². The zero-order valence-corrected chi connectivity index (χ0v) is 12.4. The molecule has 0 N–H and O–H groups in total. The zero-order valence-electron chi connectivity index (χ0n) is 12.4. The van der Waals surface area contributed by atoms with E-state index in [0.29, 0.717) is 6.61 Å². The molecule has 0 atom stereocenters. The minimum absolute atomic E-state index is 0.704. The Morgan fingerprint density at radius 1 is 0.850 bits per heavy atom. The van der Waals surface area contributed by atoms with Crippen molar-refractivity contribution in [2.75, 3.05) is 0 Å². The smallest absolute Gasteiger partial charge is 0.127 e. The molecular formula is C19H22O. The van der Waals surface area contributed by atoms with Crippen molar-refractivity contribution in [2.24, 2.45) is 0 Å². The van der Waals surface area contributed by atoms with Gasteiger partial charge in [-0.1, -0.05) is 57.0 Å². The first-order chi connectivity index (χ1) is 9.81. The second kappa shape index (κ2) is 5.70. The molecule has 0 radical (unpaired) electrons. The fraction of sp³-hybridized carbons (Fsp3) is 0.368. The van der Waals surface area contributed by atoms with E-state index in [4.69, 9.17) is 4.74 Å². The van der Waals surface area contributed by atoms with Crippen molar-refractivity contribution >= 4 is 0 Å². The maximum atomic E-state index is 5.97. The number of hydrogen-bond acceptors (Lipinski definition) is 1. The van der Waals surface area contributed by atoms with Crippen LogP contribution in [0.4, 0.5) is 0 Å².